The molecule has 1 atom stereocenters. The predicted molar refractivity (Wildman–Crippen MR) is 76.3 cm³/mol. The molecule has 1 saturated heterocycles. The van der Waals surface area contributed by atoms with Crippen molar-refractivity contribution in [3.05, 3.63) is 23.8 Å². The van der Waals surface area contributed by atoms with E-state index in [9.17, 15) is 5.11 Å². The molecule has 19 heavy (non-hydrogen) atoms. The van der Waals surface area contributed by atoms with Crippen molar-refractivity contribution in [2.24, 2.45) is 0 Å². The van der Waals surface area contributed by atoms with Crippen molar-refractivity contribution in [3.63, 3.8) is 0 Å². The number of hydrogen-bond donors (Lipinski definition) is 2. The lowest BCUT2D eigenvalue weighted by Crippen LogP contribution is -2.38. The zero-order valence-corrected chi connectivity index (χ0v) is 11.4. The Bertz CT molecular complexity index is 566. The fourth-order valence-corrected chi connectivity index (χ4v) is 3.08. The van der Waals surface area contributed by atoms with Gasteiger partial charge in [0.25, 0.3) is 0 Å². The monoisotopic (exact) mass is 279 g/mol. The first kappa shape index (κ1) is 12.8. The molecule has 0 spiro atoms. The van der Waals surface area contributed by atoms with Crippen molar-refractivity contribution in [2.75, 3.05) is 38.6 Å². The number of nitrogens with two attached hydrogens (primary N) is 1. The maximum absolute atomic E-state index is 10.3. The Morgan fingerprint density at radius 2 is 2.21 bits per heavy atom. The predicted octanol–water partition coefficient (Wildman–Crippen LogP) is 1.24. The van der Waals surface area contributed by atoms with E-state index in [1.807, 2.05) is 18.2 Å². The molecule has 0 bridgehead atoms. The van der Waals surface area contributed by atoms with E-state index < -0.39 is 6.10 Å². The zero-order chi connectivity index (χ0) is 13.2. The van der Waals surface area contributed by atoms with E-state index in [0.29, 0.717) is 11.7 Å². The second kappa shape index (κ2) is 5.42. The molecule has 1 aliphatic rings. The largest absolute Gasteiger partial charge is 0.387 e. The molecule has 0 aliphatic carbocycles. The molecule has 0 saturated carbocycles. The Morgan fingerprint density at radius 3 is 3.00 bits per heavy atom. The van der Waals surface area contributed by atoms with Crippen LogP contribution >= 0.6 is 11.3 Å². The summed E-state index contributed by atoms with van der Waals surface area (Å²) in [5.74, 6) is 0. The van der Waals surface area contributed by atoms with Crippen molar-refractivity contribution < 1.29 is 9.84 Å². The van der Waals surface area contributed by atoms with Gasteiger partial charge in [-0.25, -0.2) is 4.98 Å². The minimum Gasteiger partial charge on any atom is -0.387 e. The number of morpholine rings is 1. The van der Waals surface area contributed by atoms with Gasteiger partial charge in [0.1, 0.15) is 0 Å². The van der Waals surface area contributed by atoms with Gasteiger partial charge in [0.2, 0.25) is 0 Å². The Labute approximate surface area is 115 Å². The molecule has 1 aliphatic heterocycles. The van der Waals surface area contributed by atoms with Crippen LogP contribution < -0.4 is 5.73 Å². The van der Waals surface area contributed by atoms with Crippen molar-refractivity contribution in [2.45, 2.75) is 6.10 Å². The number of β-amino-alcohol motifs (C(OH)–C–C–N with tert-alkyl or cyclic N) is 1. The third-order valence-electron chi connectivity index (χ3n) is 3.35. The van der Waals surface area contributed by atoms with Crippen LogP contribution in [-0.2, 0) is 4.74 Å². The second-order valence-electron chi connectivity index (χ2n) is 4.71. The van der Waals surface area contributed by atoms with E-state index in [2.05, 4.69) is 9.88 Å². The van der Waals surface area contributed by atoms with E-state index in [1.54, 1.807) is 0 Å². The Hall–Kier alpha value is -1.21. The number of aliphatic hydroxyl groups excluding tert-OH is 1. The van der Waals surface area contributed by atoms with Crippen LogP contribution in [0.15, 0.2) is 18.2 Å². The minimum absolute atomic E-state index is 0.481. The summed E-state index contributed by atoms with van der Waals surface area (Å²) >= 11 is 1.45. The number of aromatic nitrogens is 1. The summed E-state index contributed by atoms with van der Waals surface area (Å²) < 4.78 is 6.33. The normalized spacial score (nSPS) is 18.8. The van der Waals surface area contributed by atoms with Crippen molar-refractivity contribution >= 4 is 26.7 Å². The molecule has 0 radical (unpaired) electrons. The van der Waals surface area contributed by atoms with Crippen molar-refractivity contribution in [1.29, 1.82) is 0 Å². The second-order valence-corrected chi connectivity index (χ2v) is 5.77. The maximum atomic E-state index is 10.3. The molecule has 0 unspecified atom stereocenters. The number of anilines is 1. The van der Waals surface area contributed by atoms with Crippen LogP contribution in [0.25, 0.3) is 10.2 Å². The fraction of sp³-hybridized carbons (Fsp3) is 0.462. The van der Waals surface area contributed by atoms with Crippen molar-refractivity contribution in [1.82, 2.24) is 9.88 Å². The quantitative estimate of drug-likeness (QED) is 0.884. The van der Waals surface area contributed by atoms with Gasteiger partial charge in [-0.1, -0.05) is 17.4 Å². The first-order valence-electron chi connectivity index (χ1n) is 6.36. The number of nitrogens with zero attached hydrogens (tertiary/aromatic N) is 2. The van der Waals surface area contributed by atoms with E-state index >= 15 is 0 Å². The lowest BCUT2D eigenvalue weighted by atomic mass is 10.1. The van der Waals surface area contributed by atoms with Gasteiger partial charge in [-0.2, -0.15) is 0 Å². The van der Waals surface area contributed by atoms with E-state index in [1.165, 1.54) is 11.3 Å². The number of ether oxygens (including phenoxy) is 1. The van der Waals surface area contributed by atoms with Crippen LogP contribution in [0.4, 0.5) is 5.13 Å². The van der Waals surface area contributed by atoms with Gasteiger partial charge in [0.05, 0.1) is 29.5 Å². The summed E-state index contributed by atoms with van der Waals surface area (Å²) in [5.41, 5.74) is 7.50. The van der Waals surface area contributed by atoms with Crippen LogP contribution in [-0.4, -0.2) is 47.8 Å². The average molecular weight is 279 g/mol. The first-order valence-corrected chi connectivity index (χ1v) is 7.18. The molecule has 1 aromatic carbocycles. The average Bonchev–Trinajstić information content (AvgIpc) is 2.78. The van der Waals surface area contributed by atoms with Crippen LogP contribution in [0, 0.1) is 0 Å². The van der Waals surface area contributed by atoms with Gasteiger partial charge in [-0.3, -0.25) is 4.90 Å². The summed E-state index contributed by atoms with van der Waals surface area (Å²) in [6.45, 7) is 3.90. The van der Waals surface area contributed by atoms with Gasteiger partial charge in [-0.05, 0) is 17.7 Å². The van der Waals surface area contributed by atoms with Crippen LogP contribution in [0.1, 0.15) is 11.7 Å². The smallest absolute Gasteiger partial charge is 0.181 e. The zero-order valence-electron chi connectivity index (χ0n) is 10.6. The number of fused-ring (bicyclic) bond motifs is 1. The molecule has 3 N–H and O–H groups in total. The lowest BCUT2D eigenvalue weighted by molar-refractivity contribution is 0.0143. The third-order valence-corrected chi connectivity index (χ3v) is 4.20. The standard InChI is InChI=1S/C13H17N3O2S/c14-13-15-10-2-1-9(7-12(10)19-13)11(17)8-16-3-5-18-6-4-16/h1-2,7,11,17H,3-6,8H2,(H2,14,15)/t11-/m1/s1. The molecule has 6 heteroatoms. The number of aliphatic hydroxyl groups is 1. The number of rotatable bonds is 3. The third kappa shape index (κ3) is 2.87. The summed E-state index contributed by atoms with van der Waals surface area (Å²) in [6.07, 6.45) is -0.481. The van der Waals surface area contributed by atoms with Gasteiger partial charge in [-0.15, -0.1) is 0 Å². The Morgan fingerprint density at radius 1 is 1.42 bits per heavy atom. The Balaban J connectivity index is 1.74. The van der Waals surface area contributed by atoms with Crippen LogP contribution in [0.3, 0.4) is 0 Å². The molecule has 1 aromatic heterocycles. The SMILES string of the molecule is Nc1nc2ccc([C@H](O)CN3CCOCC3)cc2s1. The van der Waals surface area contributed by atoms with Gasteiger partial charge >= 0.3 is 0 Å². The molecule has 0 amide bonds. The van der Waals surface area contributed by atoms with Gasteiger partial charge < -0.3 is 15.6 Å². The van der Waals surface area contributed by atoms with Gasteiger partial charge in [0, 0.05) is 19.6 Å². The molecule has 1 fully saturated rings. The summed E-state index contributed by atoms with van der Waals surface area (Å²) in [5, 5.41) is 10.9. The van der Waals surface area contributed by atoms with E-state index in [4.69, 9.17) is 10.5 Å². The number of hydrogen-bond acceptors (Lipinski definition) is 6. The molecule has 2 heterocycles. The van der Waals surface area contributed by atoms with Crippen LogP contribution in [0.2, 0.25) is 0 Å². The Kier molecular flexibility index (Phi) is 3.65. The highest BCUT2D eigenvalue weighted by Crippen LogP contribution is 2.27. The highest BCUT2D eigenvalue weighted by molar-refractivity contribution is 7.22. The number of nitrogen functional groups attached to an aromatic ring is 1. The van der Waals surface area contributed by atoms with E-state index in [-0.39, 0.29) is 0 Å². The molecule has 5 nitrogen and oxygen atoms in total. The fourth-order valence-electron chi connectivity index (χ4n) is 2.30. The molecular formula is C13H17N3O2S. The summed E-state index contributed by atoms with van der Waals surface area (Å²) in [7, 11) is 0. The highest BCUT2D eigenvalue weighted by Gasteiger charge is 2.16. The van der Waals surface area contributed by atoms with Crippen LogP contribution in [0.5, 0.6) is 0 Å². The van der Waals surface area contributed by atoms with E-state index in [0.717, 1.165) is 42.1 Å². The minimum atomic E-state index is -0.481. The summed E-state index contributed by atoms with van der Waals surface area (Å²) in [6, 6.07) is 5.82. The summed E-state index contributed by atoms with van der Waals surface area (Å²) in [4.78, 5) is 6.44. The number of benzene rings is 1. The molecule has 3 rings (SSSR count). The highest BCUT2D eigenvalue weighted by atomic mass is 32.1. The van der Waals surface area contributed by atoms with Gasteiger partial charge in [0.15, 0.2) is 5.13 Å². The maximum Gasteiger partial charge on any atom is 0.181 e. The number of thiazole rings is 1. The molecule has 2 aromatic rings. The lowest BCUT2D eigenvalue weighted by Gasteiger charge is -2.28. The first-order chi connectivity index (χ1) is 9.22. The van der Waals surface area contributed by atoms with Crippen molar-refractivity contribution in [3.8, 4) is 0 Å². The molecular weight excluding hydrogens is 262 g/mol. The molecule has 102 valence electrons. The topological polar surface area (TPSA) is 71.6 Å².